The van der Waals surface area contributed by atoms with Gasteiger partial charge in [-0.15, -0.1) is 0 Å². The SMILES string of the molecule is Cc1ccccc1-n1nc(C(C)C)c2cc(OS(=O)(=O)C(F)(F)F)c(F)cc2c1=O. The molecule has 0 atom stereocenters. The lowest BCUT2D eigenvalue weighted by Crippen LogP contribution is -2.28. The van der Waals surface area contributed by atoms with Crippen molar-refractivity contribution in [3.8, 4) is 11.4 Å². The highest BCUT2D eigenvalue weighted by Crippen LogP contribution is 2.32. The van der Waals surface area contributed by atoms with Crippen LogP contribution in [0.3, 0.4) is 0 Å². The Morgan fingerprint density at radius 1 is 1.10 bits per heavy atom. The molecular formula is C19H16F4N2O4S. The molecule has 3 aromatic rings. The van der Waals surface area contributed by atoms with Gasteiger partial charge in [0.25, 0.3) is 5.56 Å². The van der Waals surface area contributed by atoms with E-state index in [0.717, 1.165) is 16.3 Å². The van der Waals surface area contributed by atoms with Crippen LogP contribution in [0.15, 0.2) is 41.2 Å². The Kier molecular flexibility index (Phi) is 5.35. The Balaban J connectivity index is 2.32. The molecule has 0 N–H and O–H groups in total. The van der Waals surface area contributed by atoms with Gasteiger partial charge in [0.05, 0.1) is 16.8 Å². The van der Waals surface area contributed by atoms with Crippen molar-refractivity contribution in [3.63, 3.8) is 0 Å². The molecule has 0 aliphatic carbocycles. The van der Waals surface area contributed by atoms with Crippen LogP contribution in [0, 0.1) is 12.7 Å². The molecule has 6 nitrogen and oxygen atoms in total. The fourth-order valence-electron chi connectivity index (χ4n) is 2.88. The van der Waals surface area contributed by atoms with Gasteiger partial charge < -0.3 is 4.18 Å². The average molecular weight is 444 g/mol. The number of aromatic nitrogens is 2. The number of alkyl halides is 3. The number of aryl methyl sites for hydroxylation is 1. The van der Waals surface area contributed by atoms with Crippen molar-refractivity contribution < 1.29 is 30.2 Å². The highest BCUT2D eigenvalue weighted by Gasteiger charge is 2.49. The smallest absolute Gasteiger partial charge is 0.373 e. The summed E-state index contributed by atoms with van der Waals surface area (Å²) >= 11 is 0. The molecule has 2 aromatic carbocycles. The number of halogens is 4. The number of benzene rings is 2. The number of para-hydroxylation sites is 1. The van der Waals surface area contributed by atoms with Crippen LogP contribution in [0.1, 0.15) is 31.0 Å². The zero-order valence-electron chi connectivity index (χ0n) is 16.0. The zero-order valence-corrected chi connectivity index (χ0v) is 16.8. The van der Waals surface area contributed by atoms with E-state index in [1.54, 1.807) is 45.0 Å². The third-order valence-electron chi connectivity index (χ3n) is 4.35. The van der Waals surface area contributed by atoms with Crippen LogP contribution in [-0.2, 0) is 10.1 Å². The Labute approximate surface area is 168 Å². The first-order chi connectivity index (χ1) is 13.8. The summed E-state index contributed by atoms with van der Waals surface area (Å²) in [5.74, 6) is -2.93. The molecule has 0 radical (unpaired) electrons. The standard InChI is InChI=1S/C19H16F4N2O4S/c1-10(2)17-12-9-16(29-30(27,28)19(21,22)23)14(20)8-13(12)18(26)25(24-17)15-7-5-4-6-11(15)3/h4-10H,1-3H3. The fraction of sp³-hybridized carbons (Fsp3) is 0.263. The van der Waals surface area contributed by atoms with Crippen molar-refractivity contribution in [3.05, 3.63) is 63.8 Å². The Bertz CT molecular complexity index is 1300. The maximum absolute atomic E-state index is 14.4. The van der Waals surface area contributed by atoms with E-state index in [4.69, 9.17) is 0 Å². The van der Waals surface area contributed by atoms with Gasteiger partial charge in [-0.2, -0.15) is 31.4 Å². The van der Waals surface area contributed by atoms with Crippen molar-refractivity contribution in [2.75, 3.05) is 0 Å². The first-order valence-electron chi connectivity index (χ1n) is 8.66. The Morgan fingerprint density at radius 3 is 2.30 bits per heavy atom. The molecule has 0 spiro atoms. The van der Waals surface area contributed by atoms with Crippen LogP contribution >= 0.6 is 0 Å². The van der Waals surface area contributed by atoms with Crippen molar-refractivity contribution in [1.82, 2.24) is 9.78 Å². The number of hydrogen-bond donors (Lipinski definition) is 0. The van der Waals surface area contributed by atoms with E-state index in [2.05, 4.69) is 9.28 Å². The summed E-state index contributed by atoms with van der Waals surface area (Å²) in [6, 6.07) is 8.25. The lowest BCUT2D eigenvalue weighted by molar-refractivity contribution is -0.0500. The highest BCUT2D eigenvalue weighted by atomic mass is 32.2. The summed E-state index contributed by atoms with van der Waals surface area (Å²) in [6.07, 6.45) is 0. The van der Waals surface area contributed by atoms with Crippen LogP contribution in [0.4, 0.5) is 17.6 Å². The van der Waals surface area contributed by atoms with E-state index in [0.29, 0.717) is 11.8 Å². The molecule has 0 amide bonds. The normalized spacial score (nSPS) is 12.5. The van der Waals surface area contributed by atoms with Gasteiger partial charge >= 0.3 is 15.6 Å². The first kappa shape index (κ1) is 21.8. The quantitative estimate of drug-likeness (QED) is 0.343. The number of hydrogen-bond acceptors (Lipinski definition) is 5. The second kappa shape index (κ2) is 7.38. The van der Waals surface area contributed by atoms with Crippen LogP contribution in [0.5, 0.6) is 5.75 Å². The van der Waals surface area contributed by atoms with Crippen LogP contribution in [-0.4, -0.2) is 23.7 Å². The summed E-state index contributed by atoms with van der Waals surface area (Å²) in [7, 11) is -6.09. The molecule has 0 bridgehead atoms. The minimum absolute atomic E-state index is 0.00592. The predicted molar refractivity (Wildman–Crippen MR) is 102 cm³/mol. The van der Waals surface area contributed by atoms with Gasteiger partial charge in [-0.05, 0) is 36.6 Å². The van der Waals surface area contributed by atoms with Gasteiger partial charge in [0, 0.05) is 5.39 Å². The second-order valence-electron chi connectivity index (χ2n) is 6.85. The molecule has 160 valence electrons. The summed E-state index contributed by atoms with van der Waals surface area (Å²) in [5, 5.41) is 4.12. The highest BCUT2D eigenvalue weighted by molar-refractivity contribution is 7.88. The molecule has 0 aliphatic heterocycles. The monoisotopic (exact) mass is 444 g/mol. The first-order valence-corrected chi connectivity index (χ1v) is 10.1. The maximum Gasteiger partial charge on any atom is 0.534 e. The summed E-state index contributed by atoms with van der Waals surface area (Å²) in [6.45, 7) is 5.18. The maximum atomic E-state index is 14.4. The van der Waals surface area contributed by atoms with Gasteiger partial charge in [0.2, 0.25) is 0 Å². The molecule has 1 aromatic heterocycles. The largest absolute Gasteiger partial charge is 0.534 e. The van der Waals surface area contributed by atoms with Gasteiger partial charge in [-0.25, -0.2) is 4.39 Å². The predicted octanol–water partition coefficient (Wildman–Crippen LogP) is 4.19. The topological polar surface area (TPSA) is 78.3 Å². The van der Waals surface area contributed by atoms with E-state index in [-0.39, 0.29) is 22.4 Å². The van der Waals surface area contributed by atoms with E-state index in [1.165, 1.54) is 0 Å². The summed E-state index contributed by atoms with van der Waals surface area (Å²) < 4.78 is 79.9. The lowest BCUT2D eigenvalue weighted by atomic mass is 10.0. The zero-order chi connectivity index (χ0) is 22.4. The molecule has 30 heavy (non-hydrogen) atoms. The van der Waals surface area contributed by atoms with Crippen molar-refractivity contribution in [2.45, 2.75) is 32.2 Å². The number of nitrogens with zero attached hydrogens (tertiary/aromatic N) is 2. The van der Waals surface area contributed by atoms with E-state index in [9.17, 15) is 30.8 Å². The van der Waals surface area contributed by atoms with Gasteiger partial charge in [0.1, 0.15) is 0 Å². The van der Waals surface area contributed by atoms with Gasteiger partial charge in [0.15, 0.2) is 11.6 Å². The van der Waals surface area contributed by atoms with Gasteiger partial charge in [-0.1, -0.05) is 32.0 Å². The molecular weight excluding hydrogens is 428 g/mol. The lowest BCUT2D eigenvalue weighted by Gasteiger charge is -2.16. The minimum atomic E-state index is -6.09. The molecule has 0 saturated carbocycles. The molecule has 0 saturated heterocycles. The second-order valence-corrected chi connectivity index (χ2v) is 8.39. The minimum Gasteiger partial charge on any atom is -0.373 e. The molecule has 1 heterocycles. The molecule has 11 heteroatoms. The van der Waals surface area contributed by atoms with E-state index in [1.807, 2.05) is 0 Å². The van der Waals surface area contributed by atoms with Crippen LogP contribution < -0.4 is 9.74 Å². The van der Waals surface area contributed by atoms with Crippen molar-refractivity contribution in [2.24, 2.45) is 0 Å². The molecule has 0 unspecified atom stereocenters. The number of rotatable bonds is 4. The van der Waals surface area contributed by atoms with E-state index >= 15 is 0 Å². The Hall–Kier alpha value is -2.95. The molecule has 0 fully saturated rings. The van der Waals surface area contributed by atoms with Crippen molar-refractivity contribution >= 4 is 20.9 Å². The van der Waals surface area contributed by atoms with Gasteiger partial charge in [-0.3, -0.25) is 4.79 Å². The van der Waals surface area contributed by atoms with Crippen molar-refractivity contribution in [1.29, 1.82) is 0 Å². The molecule has 3 rings (SSSR count). The van der Waals surface area contributed by atoms with E-state index < -0.39 is 32.8 Å². The molecule has 0 aliphatic rings. The third kappa shape index (κ3) is 3.76. The Morgan fingerprint density at radius 2 is 1.73 bits per heavy atom. The third-order valence-corrected chi connectivity index (χ3v) is 5.32. The average Bonchev–Trinajstić information content (AvgIpc) is 2.63. The fourth-order valence-corrected chi connectivity index (χ4v) is 3.34. The van der Waals surface area contributed by atoms with Crippen LogP contribution in [0.25, 0.3) is 16.5 Å². The summed E-state index contributed by atoms with van der Waals surface area (Å²) in [4.78, 5) is 13.0. The van der Waals surface area contributed by atoms with Crippen LogP contribution in [0.2, 0.25) is 0 Å². The number of fused-ring (bicyclic) bond motifs is 1. The summed E-state index contributed by atoms with van der Waals surface area (Å²) in [5.41, 5.74) is -5.03.